The van der Waals surface area contributed by atoms with Crippen LogP contribution in [-0.4, -0.2) is 17.6 Å². The molecular formula is C21H22N2. The molecule has 2 atom stereocenters. The molecule has 4 rings (SSSR count). The number of benzene rings is 2. The average Bonchev–Trinajstić information content (AvgIpc) is 3.01. The number of nitrogens with zero attached hydrogens (tertiary/aromatic N) is 1. The summed E-state index contributed by atoms with van der Waals surface area (Å²) in [6.45, 7) is 5.52. The van der Waals surface area contributed by atoms with Gasteiger partial charge < -0.3 is 5.32 Å². The summed E-state index contributed by atoms with van der Waals surface area (Å²) in [6, 6.07) is 18.2. The molecule has 1 aromatic heterocycles. The van der Waals surface area contributed by atoms with Crippen molar-refractivity contribution in [2.45, 2.75) is 32.2 Å². The normalized spacial score (nSPS) is 21.0. The Morgan fingerprint density at radius 2 is 1.87 bits per heavy atom. The molecule has 1 aliphatic heterocycles. The van der Waals surface area contributed by atoms with E-state index in [9.17, 15) is 0 Å². The van der Waals surface area contributed by atoms with Gasteiger partial charge in [0.05, 0.1) is 5.52 Å². The lowest BCUT2D eigenvalue weighted by molar-refractivity contribution is 0.658. The van der Waals surface area contributed by atoms with Crippen molar-refractivity contribution in [2.75, 3.05) is 6.54 Å². The third-order valence-electron chi connectivity index (χ3n) is 5.00. The Bertz CT molecular complexity index is 836. The van der Waals surface area contributed by atoms with Crippen LogP contribution in [0.15, 0.2) is 54.7 Å². The first-order valence-corrected chi connectivity index (χ1v) is 8.40. The molecule has 2 heterocycles. The summed E-state index contributed by atoms with van der Waals surface area (Å²) < 4.78 is 0. The minimum Gasteiger partial charge on any atom is -0.314 e. The monoisotopic (exact) mass is 302 g/mol. The van der Waals surface area contributed by atoms with Crippen LogP contribution in [0.4, 0.5) is 0 Å². The molecule has 1 fully saturated rings. The third kappa shape index (κ3) is 2.64. The van der Waals surface area contributed by atoms with Crippen LogP contribution in [0.3, 0.4) is 0 Å². The molecule has 1 aliphatic rings. The molecule has 0 bridgehead atoms. The van der Waals surface area contributed by atoms with E-state index in [0.717, 1.165) is 12.1 Å². The zero-order valence-electron chi connectivity index (χ0n) is 13.7. The zero-order valence-corrected chi connectivity index (χ0v) is 13.7. The van der Waals surface area contributed by atoms with Crippen LogP contribution < -0.4 is 5.32 Å². The molecule has 2 unspecified atom stereocenters. The summed E-state index contributed by atoms with van der Waals surface area (Å²) in [4.78, 5) is 4.62. The second-order valence-electron chi connectivity index (χ2n) is 6.70. The van der Waals surface area contributed by atoms with Crippen LogP contribution in [0.5, 0.6) is 0 Å². The van der Waals surface area contributed by atoms with E-state index in [1.165, 1.54) is 34.1 Å². The fourth-order valence-electron chi connectivity index (χ4n) is 3.72. The van der Waals surface area contributed by atoms with Gasteiger partial charge in [0.15, 0.2) is 0 Å². The van der Waals surface area contributed by atoms with E-state index < -0.39 is 0 Å². The second-order valence-corrected chi connectivity index (χ2v) is 6.70. The SMILES string of the molecule is Cc1ccc2cccnc2c1-c1ccc(C2CNC(C)C2)cc1. The first-order valence-electron chi connectivity index (χ1n) is 8.40. The molecule has 2 aromatic carbocycles. The van der Waals surface area contributed by atoms with Crippen LogP contribution in [0.2, 0.25) is 0 Å². The van der Waals surface area contributed by atoms with Crippen molar-refractivity contribution < 1.29 is 0 Å². The topological polar surface area (TPSA) is 24.9 Å². The summed E-state index contributed by atoms with van der Waals surface area (Å²) in [5, 5.41) is 4.74. The number of pyridine rings is 1. The predicted molar refractivity (Wildman–Crippen MR) is 96.7 cm³/mol. The molecule has 1 N–H and O–H groups in total. The number of nitrogens with one attached hydrogen (secondary N) is 1. The molecule has 1 saturated heterocycles. The van der Waals surface area contributed by atoms with Crippen LogP contribution in [0.1, 0.15) is 30.4 Å². The number of fused-ring (bicyclic) bond motifs is 1. The number of aromatic nitrogens is 1. The maximum absolute atomic E-state index is 4.62. The lowest BCUT2D eigenvalue weighted by Crippen LogP contribution is -2.16. The van der Waals surface area contributed by atoms with Gasteiger partial charge >= 0.3 is 0 Å². The van der Waals surface area contributed by atoms with Crippen molar-refractivity contribution in [1.29, 1.82) is 0 Å². The lowest BCUT2D eigenvalue weighted by Gasteiger charge is -2.13. The first-order chi connectivity index (χ1) is 11.2. The van der Waals surface area contributed by atoms with E-state index in [0.29, 0.717) is 12.0 Å². The van der Waals surface area contributed by atoms with Crippen molar-refractivity contribution in [1.82, 2.24) is 10.3 Å². The smallest absolute Gasteiger partial charge is 0.0782 e. The van der Waals surface area contributed by atoms with Crippen molar-refractivity contribution in [3.05, 3.63) is 65.9 Å². The highest BCUT2D eigenvalue weighted by atomic mass is 14.9. The van der Waals surface area contributed by atoms with E-state index in [1.54, 1.807) is 0 Å². The average molecular weight is 302 g/mol. The Morgan fingerprint density at radius 1 is 1.04 bits per heavy atom. The molecule has 0 spiro atoms. The third-order valence-corrected chi connectivity index (χ3v) is 5.00. The van der Waals surface area contributed by atoms with Gasteiger partial charge in [0, 0.05) is 29.7 Å². The number of aryl methyl sites for hydroxylation is 1. The summed E-state index contributed by atoms with van der Waals surface area (Å²) in [5.41, 5.74) is 6.33. The van der Waals surface area contributed by atoms with Gasteiger partial charge in [-0.05, 0) is 48.9 Å². The number of hydrogen-bond acceptors (Lipinski definition) is 2. The number of rotatable bonds is 2. The molecule has 116 valence electrons. The maximum Gasteiger partial charge on any atom is 0.0782 e. The van der Waals surface area contributed by atoms with Crippen LogP contribution in [0, 0.1) is 6.92 Å². The predicted octanol–water partition coefficient (Wildman–Crippen LogP) is 4.68. The minimum absolute atomic E-state index is 0.629. The van der Waals surface area contributed by atoms with Gasteiger partial charge in [-0.1, -0.05) is 42.5 Å². The van der Waals surface area contributed by atoms with Crippen molar-refractivity contribution >= 4 is 10.9 Å². The molecule has 0 amide bonds. The van der Waals surface area contributed by atoms with E-state index in [1.807, 2.05) is 12.3 Å². The zero-order chi connectivity index (χ0) is 15.8. The molecule has 23 heavy (non-hydrogen) atoms. The molecular weight excluding hydrogens is 280 g/mol. The molecule has 0 aliphatic carbocycles. The Hall–Kier alpha value is -2.19. The van der Waals surface area contributed by atoms with Crippen molar-refractivity contribution in [3.8, 4) is 11.1 Å². The minimum atomic E-state index is 0.629. The molecule has 2 nitrogen and oxygen atoms in total. The summed E-state index contributed by atoms with van der Waals surface area (Å²) >= 11 is 0. The molecule has 3 aromatic rings. The molecule has 0 saturated carbocycles. The van der Waals surface area contributed by atoms with Gasteiger partial charge in [-0.2, -0.15) is 0 Å². The van der Waals surface area contributed by atoms with Gasteiger partial charge in [0.2, 0.25) is 0 Å². The largest absolute Gasteiger partial charge is 0.314 e. The first kappa shape index (κ1) is 14.4. The maximum atomic E-state index is 4.62. The summed E-state index contributed by atoms with van der Waals surface area (Å²) in [7, 11) is 0. The number of hydrogen-bond donors (Lipinski definition) is 1. The van der Waals surface area contributed by atoms with E-state index >= 15 is 0 Å². The second kappa shape index (κ2) is 5.78. The molecule has 2 heteroatoms. The van der Waals surface area contributed by atoms with Crippen molar-refractivity contribution in [2.24, 2.45) is 0 Å². The van der Waals surface area contributed by atoms with Crippen LogP contribution in [-0.2, 0) is 0 Å². The highest BCUT2D eigenvalue weighted by Crippen LogP contribution is 2.32. The van der Waals surface area contributed by atoms with E-state index in [4.69, 9.17) is 0 Å². The van der Waals surface area contributed by atoms with Gasteiger partial charge in [0.25, 0.3) is 0 Å². The highest BCUT2D eigenvalue weighted by Gasteiger charge is 2.22. The van der Waals surface area contributed by atoms with Gasteiger partial charge in [-0.3, -0.25) is 4.98 Å². The van der Waals surface area contributed by atoms with E-state index in [2.05, 4.69) is 66.6 Å². The van der Waals surface area contributed by atoms with Crippen molar-refractivity contribution in [3.63, 3.8) is 0 Å². The lowest BCUT2D eigenvalue weighted by atomic mass is 9.92. The van der Waals surface area contributed by atoms with Gasteiger partial charge in [0.1, 0.15) is 0 Å². The Kier molecular flexibility index (Phi) is 3.62. The van der Waals surface area contributed by atoms with Crippen LogP contribution in [0.25, 0.3) is 22.0 Å². The van der Waals surface area contributed by atoms with E-state index in [-0.39, 0.29) is 0 Å². The highest BCUT2D eigenvalue weighted by molar-refractivity contribution is 5.95. The Morgan fingerprint density at radius 3 is 2.61 bits per heavy atom. The van der Waals surface area contributed by atoms with Crippen LogP contribution >= 0.6 is 0 Å². The van der Waals surface area contributed by atoms with Gasteiger partial charge in [-0.15, -0.1) is 0 Å². The Labute approximate surface area is 137 Å². The molecule has 0 radical (unpaired) electrons. The fourth-order valence-corrected chi connectivity index (χ4v) is 3.72. The summed E-state index contributed by atoms with van der Waals surface area (Å²) in [5.74, 6) is 0.644. The fraction of sp³-hybridized carbons (Fsp3) is 0.286. The summed E-state index contributed by atoms with van der Waals surface area (Å²) in [6.07, 6.45) is 3.11. The Balaban J connectivity index is 1.75. The van der Waals surface area contributed by atoms with Gasteiger partial charge in [-0.25, -0.2) is 0 Å². The quantitative estimate of drug-likeness (QED) is 0.743. The standard InChI is InChI=1S/C21H22N2/c1-14-5-6-18-4-3-11-22-21(18)20(14)17-9-7-16(8-10-17)19-12-15(2)23-13-19/h3-11,15,19,23H,12-13H2,1-2H3.